The minimum Gasteiger partial charge on any atom is -0.496 e. The summed E-state index contributed by atoms with van der Waals surface area (Å²) in [6.45, 7) is 2.08. The topological polar surface area (TPSA) is 130 Å². The molecule has 42 heavy (non-hydrogen) atoms. The molecule has 6 rings (SSSR count). The molecule has 1 aliphatic carbocycles. The number of benzene rings is 1. The second kappa shape index (κ2) is 11.5. The first kappa shape index (κ1) is 28.3. The lowest BCUT2D eigenvalue weighted by Crippen LogP contribution is -2.44. The molecule has 0 spiro atoms. The summed E-state index contributed by atoms with van der Waals surface area (Å²) < 4.78 is 30.9. The average molecular weight is 598 g/mol. The molecule has 2 aliphatic rings. The minimum absolute atomic E-state index is 0.0681. The maximum Gasteiger partial charge on any atom is 0.332 e. The van der Waals surface area contributed by atoms with Gasteiger partial charge in [-0.3, -0.25) is 14.2 Å². The second-order valence-electron chi connectivity index (χ2n) is 10.8. The third kappa shape index (κ3) is 5.05. The number of aromatic nitrogens is 4. The number of carbonyl (C=O) groups excluding carboxylic acids is 1. The van der Waals surface area contributed by atoms with Crippen LogP contribution in [-0.2, 0) is 16.1 Å². The van der Waals surface area contributed by atoms with Crippen LogP contribution in [0, 0.1) is 12.7 Å². The van der Waals surface area contributed by atoms with Gasteiger partial charge in [0.25, 0.3) is 5.56 Å². The van der Waals surface area contributed by atoms with Crippen molar-refractivity contribution in [3.63, 3.8) is 0 Å². The molecule has 0 bridgehead atoms. The Hall–Kier alpha value is -3.81. The number of amides is 1. The van der Waals surface area contributed by atoms with Crippen LogP contribution in [0.25, 0.3) is 15.2 Å². The molecule has 4 aromatic rings. The quantitative estimate of drug-likeness (QED) is 0.320. The van der Waals surface area contributed by atoms with Gasteiger partial charge in [0.15, 0.2) is 0 Å². The molecular weight excluding hydrogens is 565 g/mol. The third-order valence-electron chi connectivity index (χ3n) is 8.15. The lowest BCUT2D eigenvalue weighted by Gasteiger charge is -2.31. The largest absolute Gasteiger partial charge is 0.496 e. The number of hydrogen-bond acceptors (Lipinski definition) is 8. The number of aliphatic hydroxyl groups excluding tert-OH is 1. The van der Waals surface area contributed by atoms with E-state index in [0.29, 0.717) is 70.7 Å². The van der Waals surface area contributed by atoms with Crippen molar-refractivity contribution in [3.05, 3.63) is 74.4 Å². The molecule has 3 aromatic heterocycles. The predicted octanol–water partition coefficient (Wildman–Crippen LogP) is 2.99. The number of aliphatic hydroxyl groups is 1. The van der Waals surface area contributed by atoms with Crippen LogP contribution in [0.5, 0.6) is 5.75 Å². The summed E-state index contributed by atoms with van der Waals surface area (Å²) in [5.41, 5.74) is -0.138. The summed E-state index contributed by atoms with van der Waals surface area (Å²) in [4.78, 5) is 41.2. The van der Waals surface area contributed by atoms with Crippen molar-refractivity contribution in [3.8, 4) is 10.8 Å². The fourth-order valence-corrected chi connectivity index (χ4v) is 7.22. The Bertz CT molecular complexity index is 1740. The van der Waals surface area contributed by atoms with Crippen LogP contribution in [0.15, 0.2) is 46.2 Å². The maximum atomic E-state index is 14.6. The highest BCUT2D eigenvalue weighted by atomic mass is 32.1. The number of ether oxygens (including phenoxy) is 2. The highest BCUT2D eigenvalue weighted by molar-refractivity contribution is 7.21. The zero-order valence-electron chi connectivity index (χ0n) is 23.3. The van der Waals surface area contributed by atoms with Crippen LogP contribution >= 0.6 is 11.3 Å². The SMILES string of the molecule is COc1ccc(F)cc1[C@H](Cn1c(=O)n([C@@H]2CCNC2=O)c(=O)c2c(C)c(-n3cccn3)sc21)O[C@H]1CC[C@@H](O)CC1. The summed E-state index contributed by atoms with van der Waals surface area (Å²) >= 11 is 1.24. The first-order valence-electron chi connectivity index (χ1n) is 14.0. The summed E-state index contributed by atoms with van der Waals surface area (Å²) in [5, 5.41) is 18.1. The van der Waals surface area contributed by atoms with E-state index in [1.807, 2.05) is 0 Å². The van der Waals surface area contributed by atoms with E-state index in [1.54, 1.807) is 30.1 Å². The number of rotatable bonds is 8. The van der Waals surface area contributed by atoms with E-state index in [0.717, 1.165) is 4.57 Å². The van der Waals surface area contributed by atoms with E-state index in [9.17, 15) is 23.9 Å². The van der Waals surface area contributed by atoms with Crippen LogP contribution in [-0.4, -0.2) is 55.8 Å². The Kier molecular flexibility index (Phi) is 7.73. The number of nitrogens with zero attached hydrogens (tertiary/aromatic N) is 4. The van der Waals surface area contributed by atoms with E-state index in [2.05, 4.69) is 10.4 Å². The number of halogens is 1. The summed E-state index contributed by atoms with van der Waals surface area (Å²) in [6.07, 6.45) is 4.54. The minimum atomic E-state index is -0.948. The van der Waals surface area contributed by atoms with E-state index < -0.39 is 35.3 Å². The van der Waals surface area contributed by atoms with Crippen LogP contribution in [0.1, 0.15) is 55.4 Å². The van der Waals surface area contributed by atoms with Crippen molar-refractivity contribution in [2.75, 3.05) is 13.7 Å². The number of fused-ring (bicyclic) bond motifs is 1. The van der Waals surface area contributed by atoms with E-state index >= 15 is 0 Å². The zero-order chi connectivity index (χ0) is 29.5. The van der Waals surface area contributed by atoms with Crippen molar-refractivity contribution in [1.29, 1.82) is 0 Å². The molecule has 0 unspecified atom stereocenters. The summed E-state index contributed by atoms with van der Waals surface area (Å²) in [7, 11) is 1.48. The highest BCUT2D eigenvalue weighted by Crippen LogP contribution is 2.36. The van der Waals surface area contributed by atoms with Crippen molar-refractivity contribution in [1.82, 2.24) is 24.2 Å². The van der Waals surface area contributed by atoms with Gasteiger partial charge < -0.3 is 19.9 Å². The normalized spacial score (nSPS) is 21.5. The molecule has 2 fully saturated rings. The first-order chi connectivity index (χ1) is 20.3. The summed E-state index contributed by atoms with van der Waals surface area (Å²) in [6, 6.07) is 4.95. The van der Waals surface area contributed by atoms with Crippen molar-refractivity contribution in [2.24, 2.45) is 0 Å². The van der Waals surface area contributed by atoms with E-state index in [-0.39, 0.29) is 18.6 Å². The summed E-state index contributed by atoms with van der Waals surface area (Å²) in [5.74, 6) is -0.484. The van der Waals surface area contributed by atoms with Crippen molar-refractivity contribution in [2.45, 2.75) is 69.9 Å². The molecule has 0 radical (unpaired) electrons. The standard InChI is InChI=1S/C29H32FN5O6S/c1-16-24-26(38)35(21-10-12-31-25(21)37)29(39)33(28(24)42-27(16)34-13-3-11-32-34)15-23(41-19-7-5-18(36)6-8-19)20-14-17(30)4-9-22(20)40-2/h3-4,9,11,13-14,18-19,21,23,36H,5-8,10,12,15H2,1-2H3,(H,31,37)/t18-,19+,21-,23+/m1/s1. The molecule has 1 aliphatic heterocycles. The first-order valence-corrected chi connectivity index (χ1v) is 14.8. The molecule has 11 nitrogen and oxygen atoms in total. The van der Waals surface area contributed by atoms with E-state index in [1.165, 1.54) is 41.2 Å². The molecule has 1 amide bonds. The van der Waals surface area contributed by atoms with Gasteiger partial charge in [-0.05, 0) is 63.3 Å². The van der Waals surface area contributed by atoms with Gasteiger partial charge in [0, 0.05) is 30.1 Å². The van der Waals surface area contributed by atoms with Gasteiger partial charge in [0.1, 0.15) is 33.5 Å². The van der Waals surface area contributed by atoms with Crippen LogP contribution in [0.2, 0.25) is 0 Å². The smallest absolute Gasteiger partial charge is 0.332 e. The number of hydrogen-bond donors (Lipinski definition) is 2. The van der Waals surface area contributed by atoms with Crippen LogP contribution < -0.4 is 21.3 Å². The molecule has 13 heteroatoms. The van der Waals surface area contributed by atoms with Crippen LogP contribution in [0.3, 0.4) is 0 Å². The molecule has 2 N–H and O–H groups in total. The molecule has 1 aromatic carbocycles. The number of thiophene rings is 1. The number of methoxy groups -OCH3 is 1. The number of nitrogens with one attached hydrogen (secondary N) is 1. The second-order valence-corrected chi connectivity index (χ2v) is 11.7. The average Bonchev–Trinajstić information content (AvgIpc) is 3.73. The molecule has 1 saturated carbocycles. The van der Waals surface area contributed by atoms with Gasteiger partial charge in [-0.1, -0.05) is 11.3 Å². The van der Waals surface area contributed by atoms with E-state index in [4.69, 9.17) is 9.47 Å². The maximum absolute atomic E-state index is 14.6. The fourth-order valence-electron chi connectivity index (χ4n) is 5.97. The highest BCUT2D eigenvalue weighted by Gasteiger charge is 2.33. The zero-order valence-corrected chi connectivity index (χ0v) is 24.1. The molecule has 2 atom stereocenters. The van der Waals surface area contributed by atoms with Crippen LogP contribution in [0.4, 0.5) is 4.39 Å². The Morgan fingerprint density at radius 2 is 1.98 bits per heavy atom. The number of carbonyl (C=O) groups is 1. The number of aryl methyl sites for hydroxylation is 1. The Morgan fingerprint density at radius 3 is 2.64 bits per heavy atom. The van der Waals surface area contributed by atoms with Crippen molar-refractivity contribution < 1.29 is 23.8 Å². The van der Waals surface area contributed by atoms with Crippen molar-refractivity contribution >= 4 is 27.5 Å². The molecule has 4 heterocycles. The fraction of sp³-hybridized carbons (Fsp3) is 0.448. The molecule has 1 saturated heterocycles. The Morgan fingerprint density at radius 1 is 1.19 bits per heavy atom. The Balaban J connectivity index is 1.55. The lowest BCUT2D eigenvalue weighted by molar-refractivity contribution is -0.122. The van der Waals surface area contributed by atoms with Gasteiger partial charge in [0.2, 0.25) is 5.91 Å². The monoisotopic (exact) mass is 597 g/mol. The molecular formula is C29H32FN5O6S. The lowest BCUT2D eigenvalue weighted by atomic mass is 9.94. The van der Waals surface area contributed by atoms with Gasteiger partial charge in [-0.15, -0.1) is 0 Å². The van der Waals surface area contributed by atoms with Gasteiger partial charge in [-0.2, -0.15) is 5.10 Å². The van der Waals surface area contributed by atoms with Gasteiger partial charge >= 0.3 is 5.69 Å². The van der Waals surface area contributed by atoms with Gasteiger partial charge in [-0.25, -0.2) is 18.4 Å². The Labute approximate surface area is 244 Å². The van der Waals surface area contributed by atoms with Gasteiger partial charge in [0.05, 0.1) is 31.2 Å². The predicted molar refractivity (Wildman–Crippen MR) is 154 cm³/mol. The molecule has 222 valence electrons. The third-order valence-corrected chi connectivity index (χ3v) is 9.45.